The van der Waals surface area contributed by atoms with Gasteiger partial charge < -0.3 is 9.47 Å². The van der Waals surface area contributed by atoms with Crippen LogP contribution in [-0.4, -0.2) is 4.57 Å². The van der Waals surface area contributed by atoms with Crippen LogP contribution in [0.1, 0.15) is 0 Å². The van der Waals surface area contributed by atoms with E-state index in [1.54, 1.807) is 0 Å². The molecule has 2 nitrogen and oxygen atoms in total. The van der Waals surface area contributed by atoms with E-state index < -0.39 is 0 Å². The molecule has 2 heterocycles. The Balaban J connectivity index is 0.960. The topological polar surface area (TPSA) is 8.17 Å². The summed E-state index contributed by atoms with van der Waals surface area (Å²) < 4.78 is 5.07. The first-order valence-corrected chi connectivity index (χ1v) is 21.0. The average Bonchev–Trinajstić information content (AvgIpc) is 3.85. The highest BCUT2D eigenvalue weighted by Gasteiger charge is 2.19. The molecule has 0 atom stereocenters. The molecule has 0 N–H and O–H groups in total. The lowest BCUT2D eigenvalue weighted by molar-refractivity contribution is 1.19. The van der Waals surface area contributed by atoms with Crippen LogP contribution in [0.5, 0.6) is 0 Å². The summed E-state index contributed by atoms with van der Waals surface area (Å²) in [4.78, 5) is 2.36. The van der Waals surface area contributed by atoms with Crippen LogP contribution in [0.15, 0.2) is 218 Å². The molecule has 59 heavy (non-hydrogen) atoms. The van der Waals surface area contributed by atoms with E-state index in [0.29, 0.717) is 0 Å². The standard InChI is InChI=1S/C56H36N2S/c1-2-14-42(15-3-1)57(43-29-26-37(27-30-43)39-28-32-47-41(34-39)25-24-38-12-4-5-17-46(38)47)44-16-10-13-40(35-44)48-20-11-22-53-56(48)51-19-6-8-21-52(51)58(53)45-31-33-50-49-18-7-9-23-54(49)59-55(50)36-45/h1-36H. The maximum Gasteiger partial charge on any atom is 0.0547 e. The fourth-order valence-electron chi connectivity index (χ4n) is 9.22. The van der Waals surface area contributed by atoms with E-state index in [2.05, 4.69) is 228 Å². The Labute approximate surface area is 346 Å². The normalized spacial score (nSPS) is 11.7. The summed E-state index contributed by atoms with van der Waals surface area (Å²) in [5, 5.41) is 10.2. The number of benzene rings is 10. The SMILES string of the molecule is c1ccc(N(c2ccc(-c3ccc4c(ccc5ccccc54)c3)cc2)c2cccc(-c3cccc4c3c3ccccc3n4-c3ccc4c(c3)sc3ccccc34)c2)cc1. The van der Waals surface area contributed by atoms with Gasteiger partial charge in [0.05, 0.1) is 11.0 Å². The zero-order chi connectivity index (χ0) is 38.9. The number of thiophene rings is 1. The fourth-order valence-corrected chi connectivity index (χ4v) is 10.4. The Bertz CT molecular complexity index is 3560. The molecular formula is C56H36N2S. The van der Waals surface area contributed by atoms with Gasteiger partial charge in [-0.15, -0.1) is 11.3 Å². The largest absolute Gasteiger partial charge is 0.310 e. The molecule has 0 unspecified atom stereocenters. The van der Waals surface area contributed by atoms with Crippen molar-refractivity contribution in [2.75, 3.05) is 4.90 Å². The smallest absolute Gasteiger partial charge is 0.0547 e. The number of rotatable bonds is 6. The fraction of sp³-hybridized carbons (Fsp3) is 0. The summed E-state index contributed by atoms with van der Waals surface area (Å²) in [6, 6.07) is 79.9. The van der Waals surface area contributed by atoms with E-state index in [0.717, 1.165) is 17.1 Å². The van der Waals surface area contributed by atoms with E-state index in [-0.39, 0.29) is 0 Å². The molecule has 3 heteroatoms. The summed E-state index contributed by atoms with van der Waals surface area (Å²) in [7, 11) is 0. The van der Waals surface area contributed by atoms with Gasteiger partial charge in [-0.2, -0.15) is 0 Å². The molecule has 0 saturated carbocycles. The van der Waals surface area contributed by atoms with Crippen molar-refractivity contribution in [3.05, 3.63) is 218 Å². The third-order valence-electron chi connectivity index (χ3n) is 12.0. The Hall–Kier alpha value is -7.46. The van der Waals surface area contributed by atoms with Gasteiger partial charge in [0, 0.05) is 53.7 Å². The molecule has 12 rings (SSSR count). The molecule has 0 fully saturated rings. The molecule has 12 aromatic rings. The van der Waals surface area contributed by atoms with Crippen molar-refractivity contribution in [3.63, 3.8) is 0 Å². The van der Waals surface area contributed by atoms with Gasteiger partial charge in [0.15, 0.2) is 0 Å². The summed E-state index contributed by atoms with van der Waals surface area (Å²) >= 11 is 1.87. The van der Waals surface area contributed by atoms with Crippen LogP contribution in [-0.2, 0) is 0 Å². The molecule has 2 aromatic heterocycles. The lowest BCUT2D eigenvalue weighted by Gasteiger charge is -2.26. The highest BCUT2D eigenvalue weighted by molar-refractivity contribution is 7.25. The quantitative estimate of drug-likeness (QED) is 0.153. The van der Waals surface area contributed by atoms with Crippen LogP contribution >= 0.6 is 11.3 Å². The second kappa shape index (κ2) is 13.6. The first kappa shape index (κ1) is 33.7. The van der Waals surface area contributed by atoms with Gasteiger partial charge in [0.2, 0.25) is 0 Å². The summed E-state index contributed by atoms with van der Waals surface area (Å²) in [6.45, 7) is 0. The van der Waals surface area contributed by atoms with Crippen LogP contribution in [0.25, 0.3) is 91.5 Å². The van der Waals surface area contributed by atoms with Crippen LogP contribution in [0.2, 0.25) is 0 Å². The second-order valence-corrected chi connectivity index (χ2v) is 16.4. The molecule has 276 valence electrons. The average molecular weight is 769 g/mol. The van der Waals surface area contributed by atoms with Crippen molar-refractivity contribution in [2.45, 2.75) is 0 Å². The molecule has 0 bridgehead atoms. The second-order valence-electron chi connectivity index (χ2n) is 15.3. The first-order valence-electron chi connectivity index (χ1n) is 20.2. The van der Waals surface area contributed by atoms with Gasteiger partial charge in [-0.25, -0.2) is 0 Å². The van der Waals surface area contributed by atoms with Gasteiger partial charge in [0.1, 0.15) is 0 Å². The third-order valence-corrected chi connectivity index (χ3v) is 13.1. The minimum Gasteiger partial charge on any atom is -0.310 e. The van der Waals surface area contributed by atoms with Crippen LogP contribution < -0.4 is 4.90 Å². The molecular weight excluding hydrogens is 733 g/mol. The maximum atomic E-state index is 2.44. The predicted molar refractivity (Wildman–Crippen MR) is 254 cm³/mol. The highest BCUT2D eigenvalue weighted by atomic mass is 32.1. The van der Waals surface area contributed by atoms with E-state index in [1.807, 2.05) is 11.3 Å². The lowest BCUT2D eigenvalue weighted by Crippen LogP contribution is -2.09. The molecule has 0 saturated heterocycles. The number of hydrogen-bond donors (Lipinski definition) is 0. The Kier molecular flexibility index (Phi) is 7.75. The van der Waals surface area contributed by atoms with Crippen LogP contribution in [0, 0.1) is 0 Å². The summed E-state index contributed by atoms with van der Waals surface area (Å²) in [5.74, 6) is 0. The first-order chi connectivity index (χ1) is 29.2. The number of aromatic nitrogens is 1. The number of hydrogen-bond acceptors (Lipinski definition) is 2. The van der Waals surface area contributed by atoms with Gasteiger partial charge in [-0.3, -0.25) is 0 Å². The highest BCUT2D eigenvalue weighted by Crippen LogP contribution is 2.43. The maximum absolute atomic E-state index is 2.44. The number of fused-ring (bicyclic) bond motifs is 9. The molecule has 0 radical (unpaired) electrons. The molecule has 0 amide bonds. The number of anilines is 3. The van der Waals surface area contributed by atoms with Crippen LogP contribution in [0.4, 0.5) is 17.1 Å². The zero-order valence-corrected chi connectivity index (χ0v) is 32.9. The van der Waals surface area contributed by atoms with Gasteiger partial charge in [-0.1, -0.05) is 146 Å². The predicted octanol–water partition coefficient (Wildman–Crippen LogP) is 16.3. The van der Waals surface area contributed by atoms with Crippen molar-refractivity contribution in [3.8, 4) is 27.9 Å². The van der Waals surface area contributed by atoms with Gasteiger partial charge >= 0.3 is 0 Å². The Morgan fingerprint density at radius 2 is 0.983 bits per heavy atom. The van der Waals surface area contributed by atoms with Crippen molar-refractivity contribution in [2.24, 2.45) is 0 Å². The van der Waals surface area contributed by atoms with E-state index in [1.165, 1.54) is 91.5 Å². The van der Waals surface area contributed by atoms with Crippen molar-refractivity contribution in [1.82, 2.24) is 4.57 Å². The molecule has 0 aliphatic heterocycles. The Morgan fingerprint density at radius 3 is 1.88 bits per heavy atom. The summed E-state index contributed by atoms with van der Waals surface area (Å²) in [5.41, 5.74) is 11.7. The van der Waals surface area contributed by atoms with E-state index in [9.17, 15) is 0 Å². The molecule has 10 aromatic carbocycles. The lowest BCUT2D eigenvalue weighted by atomic mass is 9.97. The molecule has 0 aliphatic carbocycles. The van der Waals surface area contributed by atoms with Crippen molar-refractivity contribution in [1.29, 1.82) is 0 Å². The Morgan fingerprint density at radius 1 is 0.339 bits per heavy atom. The minimum atomic E-state index is 1.11. The molecule has 0 aliphatic rings. The monoisotopic (exact) mass is 768 g/mol. The van der Waals surface area contributed by atoms with Gasteiger partial charge in [-0.05, 0) is 117 Å². The number of para-hydroxylation sites is 2. The van der Waals surface area contributed by atoms with Crippen molar-refractivity contribution < 1.29 is 0 Å². The van der Waals surface area contributed by atoms with E-state index in [4.69, 9.17) is 0 Å². The van der Waals surface area contributed by atoms with Crippen LogP contribution in [0.3, 0.4) is 0 Å². The third kappa shape index (κ3) is 5.55. The van der Waals surface area contributed by atoms with Crippen molar-refractivity contribution >= 4 is 91.9 Å². The number of nitrogens with zero attached hydrogens (tertiary/aromatic N) is 2. The zero-order valence-electron chi connectivity index (χ0n) is 32.1. The van der Waals surface area contributed by atoms with Gasteiger partial charge in [0.25, 0.3) is 0 Å². The summed E-state index contributed by atoms with van der Waals surface area (Å²) in [6.07, 6.45) is 0. The molecule has 0 spiro atoms. The van der Waals surface area contributed by atoms with E-state index >= 15 is 0 Å². The minimum absolute atomic E-state index is 1.11.